The molecule has 0 radical (unpaired) electrons. The zero-order valence-corrected chi connectivity index (χ0v) is 8.37. The minimum Gasteiger partial charge on any atom is -0.393 e. The van der Waals surface area contributed by atoms with Crippen molar-refractivity contribution in [3.8, 4) is 0 Å². The lowest BCUT2D eigenvalue weighted by molar-refractivity contribution is 0.106. The van der Waals surface area contributed by atoms with Gasteiger partial charge in [-0.05, 0) is 45.1 Å². The fourth-order valence-corrected chi connectivity index (χ4v) is 1.85. The number of aliphatic hydroxyl groups excluding tert-OH is 2. The lowest BCUT2D eigenvalue weighted by atomic mass is 9.87. The third-order valence-corrected chi connectivity index (χ3v) is 2.69. The van der Waals surface area contributed by atoms with Crippen LogP contribution in [0.5, 0.6) is 0 Å². The van der Waals surface area contributed by atoms with Crippen LogP contribution >= 0.6 is 0 Å². The summed E-state index contributed by atoms with van der Waals surface area (Å²) in [7, 11) is 0. The molecule has 0 amide bonds. The van der Waals surface area contributed by atoms with Crippen molar-refractivity contribution in [2.75, 3.05) is 13.1 Å². The van der Waals surface area contributed by atoms with Crippen LogP contribution in [0.2, 0.25) is 0 Å². The molecule has 0 aromatic carbocycles. The molecule has 3 heteroatoms. The molecule has 0 aliphatic heterocycles. The quantitative estimate of drug-likeness (QED) is 0.601. The van der Waals surface area contributed by atoms with Crippen LogP contribution in [0.15, 0.2) is 0 Å². The maximum absolute atomic E-state index is 9.28. The Labute approximate surface area is 80.2 Å². The molecule has 1 fully saturated rings. The third kappa shape index (κ3) is 4.60. The first-order chi connectivity index (χ1) is 6.18. The SMILES string of the molecule is C[C@H](O)CNCC1CCC(O)CC1. The zero-order chi connectivity index (χ0) is 9.68. The van der Waals surface area contributed by atoms with Gasteiger partial charge >= 0.3 is 0 Å². The van der Waals surface area contributed by atoms with Gasteiger partial charge in [-0.3, -0.25) is 0 Å². The first-order valence-corrected chi connectivity index (χ1v) is 5.25. The lowest BCUT2D eigenvalue weighted by Gasteiger charge is -2.25. The fraction of sp³-hybridized carbons (Fsp3) is 1.00. The molecule has 1 saturated carbocycles. The van der Waals surface area contributed by atoms with Gasteiger partial charge in [-0.1, -0.05) is 0 Å². The van der Waals surface area contributed by atoms with Crippen LogP contribution in [0, 0.1) is 5.92 Å². The van der Waals surface area contributed by atoms with Crippen molar-refractivity contribution in [2.45, 2.75) is 44.8 Å². The van der Waals surface area contributed by atoms with E-state index < -0.39 is 0 Å². The summed E-state index contributed by atoms with van der Waals surface area (Å²) in [6.07, 6.45) is 3.81. The van der Waals surface area contributed by atoms with Gasteiger partial charge in [0.05, 0.1) is 12.2 Å². The van der Waals surface area contributed by atoms with Gasteiger partial charge in [-0.25, -0.2) is 0 Å². The van der Waals surface area contributed by atoms with E-state index in [1.54, 1.807) is 6.92 Å². The van der Waals surface area contributed by atoms with Crippen LogP contribution in [0.4, 0.5) is 0 Å². The minimum atomic E-state index is -0.255. The number of nitrogens with one attached hydrogen (secondary N) is 1. The number of rotatable bonds is 4. The second-order valence-corrected chi connectivity index (χ2v) is 4.18. The van der Waals surface area contributed by atoms with Crippen molar-refractivity contribution in [3.63, 3.8) is 0 Å². The molecule has 0 heterocycles. The van der Waals surface area contributed by atoms with Crippen molar-refractivity contribution in [1.29, 1.82) is 0 Å². The summed E-state index contributed by atoms with van der Waals surface area (Å²) in [4.78, 5) is 0. The van der Waals surface area contributed by atoms with Gasteiger partial charge < -0.3 is 15.5 Å². The Morgan fingerprint density at radius 2 is 1.92 bits per heavy atom. The standard InChI is InChI=1S/C10H21NO2/c1-8(12)6-11-7-9-2-4-10(13)5-3-9/h8-13H,2-7H2,1H3/t8-,9?,10?/m0/s1. The number of hydrogen-bond donors (Lipinski definition) is 3. The van der Waals surface area contributed by atoms with Crippen LogP contribution in [-0.4, -0.2) is 35.5 Å². The Bertz CT molecular complexity index is 131. The first-order valence-electron chi connectivity index (χ1n) is 5.25. The molecule has 1 aliphatic rings. The zero-order valence-electron chi connectivity index (χ0n) is 8.37. The van der Waals surface area contributed by atoms with E-state index in [4.69, 9.17) is 5.11 Å². The molecule has 0 saturated heterocycles. The van der Waals surface area contributed by atoms with Crippen molar-refractivity contribution >= 4 is 0 Å². The molecule has 1 atom stereocenters. The summed E-state index contributed by atoms with van der Waals surface area (Å²) >= 11 is 0. The molecule has 1 aliphatic carbocycles. The molecule has 0 bridgehead atoms. The van der Waals surface area contributed by atoms with Gasteiger partial charge in [0.15, 0.2) is 0 Å². The average Bonchev–Trinajstić information content (AvgIpc) is 2.08. The molecule has 3 nitrogen and oxygen atoms in total. The van der Waals surface area contributed by atoms with Crippen molar-refractivity contribution < 1.29 is 10.2 Å². The maximum atomic E-state index is 9.28. The van der Waals surface area contributed by atoms with Crippen molar-refractivity contribution in [2.24, 2.45) is 5.92 Å². The molecule has 0 unspecified atom stereocenters. The predicted octanol–water partition coefficient (Wildman–Crippen LogP) is 0.508. The van der Waals surface area contributed by atoms with Gasteiger partial charge in [0.2, 0.25) is 0 Å². The van der Waals surface area contributed by atoms with E-state index in [0.717, 1.165) is 32.2 Å². The van der Waals surface area contributed by atoms with Gasteiger partial charge in [-0.2, -0.15) is 0 Å². The van der Waals surface area contributed by atoms with Crippen LogP contribution in [-0.2, 0) is 0 Å². The second kappa shape index (κ2) is 5.58. The lowest BCUT2D eigenvalue weighted by Crippen LogP contribution is -2.32. The Balaban J connectivity index is 2.02. The Morgan fingerprint density at radius 1 is 1.31 bits per heavy atom. The Hall–Kier alpha value is -0.120. The van der Waals surface area contributed by atoms with Crippen LogP contribution in [0.3, 0.4) is 0 Å². The van der Waals surface area contributed by atoms with Crippen molar-refractivity contribution in [3.05, 3.63) is 0 Å². The van der Waals surface area contributed by atoms with E-state index in [0.29, 0.717) is 12.5 Å². The highest BCUT2D eigenvalue weighted by Gasteiger charge is 2.18. The highest BCUT2D eigenvalue weighted by Crippen LogP contribution is 2.23. The first kappa shape index (κ1) is 11.0. The molecule has 13 heavy (non-hydrogen) atoms. The molecule has 78 valence electrons. The smallest absolute Gasteiger partial charge is 0.0636 e. The van der Waals surface area contributed by atoms with Gasteiger partial charge in [0.25, 0.3) is 0 Å². The molecule has 0 aromatic heterocycles. The van der Waals surface area contributed by atoms with Crippen molar-refractivity contribution in [1.82, 2.24) is 5.32 Å². The Morgan fingerprint density at radius 3 is 2.46 bits per heavy atom. The summed E-state index contributed by atoms with van der Waals surface area (Å²) in [6.45, 7) is 3.45. The molecule has 0 spiro atoms. The number of aliphatic hydroxyl groups is 2. The van der Waals surface area contributed by atoms with E-state index in [1.807, 2.05) is 0 Å². The predicted molar refractivity (Wildman–Crippen MR) is 52.5 cm³/mol. The monoisotopic (exact) mass is 187 g/mol. The fourth-order valence-electron chi connectivity index (χ4n) is 1.85. The van der Waals surface area contributed by atoms with Crippen LogP contribution in [0.1, 0.15) is 32.6 Å². The normalized spacial score (nSPS) is 31.6. The largest absolute Gasteiger partial charge is 0.393 e. The van der Waals surface area contributed by atoms with E-state index in [-0.39, 0.29) is 12.2 Å². The molecular formula is C10H21NO2. The summed E-state index contributed by atoms with van der Waals surface area (Å²) < 4.78 is 0. The number of hydrogen-bond acceptors (Lipinski definition) is 3. The molecule has 0 aromatic rings. The topological polar surface area (TPSA) is 52.5 Å². The van der Waals surface area contributed by atoms with Gasteiger partial charge in [0.1, 0.15) is 0 Å². The van der Waals surface area contributed by atoms with E-state index >= 15 is 0 Å². The highest BCUT2D eigenvalue weighted by atomic mass is 16.3. The molecule has 3 N–H and O–H groups in total. The van der Waals surface area contributed by atoms with Gasteiger partial charge in [-0.15, -0.1) is 0 Å². The van der Waals surface area contributed by atoms with E-state index in [9.17, 15) is 5.11 Å². The summed E-state index contributed by atoms with van der Waals surface area (Å²) in [5.41, 5.74) is 0. The maximum Gasteiger partial charge on any atom is 0.0636 e. The third-order valence-electron chi connectivity index (χ3n) is 2.69. The van der Waals surface area contributed by atoms with Crippen LogP contribution in [0.25, 0.3) is 0 Å². The minimum absolute atomic E-state index is 0.0620. The highest BCUT2D eigenvalue weighted by molar-refractivity contribution is 4.73. The second-order valence-electron chi connectivity index (χ2n) is 4.18. The van der Waals surface area contributed by atoms with E-state index in [1.165, 1.54) is 0 Å². The van der Waals surface area contributed by atoms with E-state index in [2.05, 4.69) is 5.32 Å². The summed E-state index contributed by atoms with van der Waals surface area (Å²) in [6, 6.07) is 0. The van der Waals surface area contributed by atoms with Crippen LogP contribution < -0.4 is 5.32 Å². The van der Waals surface area contributed by atoms with Gasteiger partial charge in [0, 0.05) is 6.54 Å². The summed E-state index contributed by atoms with van der Waals surface area (Å²) in [5.74, 6) is 0.696. The average molecular weight is 187 g/mol. The molecular weight excluding hydrogens is 166 g/mol. The Kier molecular flexibility index (Phi) is 4.70. The summed E-state index contributed by atoms with van der Waals surface area (Å²) in [5, 5.41) is 21.5. The molecule has 1 rings (SSSR count).